The molecule has 0 bridgehead atoms. The summed E-state index contributed by atoms with van der Waals surface area (Å²) in [7, 11) is -3.45. The van der Waals surface area contributed by atoms with Crippen molar-refractivity contribution in [3.63, 3.8) is 0 Å². The van der Waals surface area contributed by atoms with Crippen LogP contribution in [-0.4, -0.2) is 36.5 Å². The zero-order chi connectivity index (χ0) is 18.7. The molecule has 1 aromatic heterocycles. The van der Waals surface area contributed by atoms with Crippen LogP contribution in [0.3, 0.4) is 0 Å². The number of piperidine rings is 1. The van der Waals surface area contributed by atoms with Gasteiger partial charge in [0.2, 0.25) is 10.0 Å². The van der Waals surface area contributed by atoms with E-state index in [2.05, 4.69) is 33.7 Å². The molecule has 0 radical (unpaired) electrons. The van der Waals surface area contributed by atoms with Gasteiger partial charge in [-0.1, -0.05) is 30.7 Å². The molecule has 1 aromatic carbocycles. The van der Waals surface area contributed by atoms with Gasteiger partial charge in [-0.15, -0.1) is 0 Å². The topological polar surface area (TPSA) is 74.7 Å². The molecule has 0 spiro atoms. The molecule has 0 saturated carbocycles. The molecule has 1 aliphatic heterocycles. The SMILES string of the molecule is O=S(=O)(c1ccc(N/N=C2\CCCc3ccccc32)nc1)N1CCCCC1. The molecule has 2 aliphatic rings. The van der Waals surface area contributed by atoms with E-state index in [1.807, 2.05) is 6.07 Å². The predicted molar refractivity (Wildman–Crippen MR) is 106 cm³/mol. The average molecular weight is 385 g/mol. The summed E-state index contributed by atoms with van der Waals surface area (Å²) < 4.78 is 26.9. The minimum atomic E-state index is -3.45. The predicted octanol–water partition coefficient (Wildman–Crippen LogP) is 3.41. The van der Waals surface area contributed by atoms with Gasteiger partial charge in [0.1, 0.15) is 10.7 Å². The summed E-state index contributed by atoms with van der Waals surface area (Å²) in [5.74, 6) is 0.545. The van der Waals surface area contributed by atoms with Crippen molar-refractivity contribution in [1.82, 2.24) is 9.29 Å². The fraction of sp³-hybridized carbons (Fsp3) is 0.400. The van der Waals surface area contributed by atoms with E-state index in [9.17, 15) is 8.42 Å². The molecule has 4 rings (SSSR count). The lowest BCUT2D eigenvalue weighted by atomic mass is 9.90. The van der Waals surface area contributed by atoms with Gasteiger partial charge < -0.3 is 0 Å². The zero-order valence-electron chi connectivity index (χ0n) is 15.3. The Morgan fingerprint density at radius 2 is 1.78 bits per heavy atom. The van der Waals surface area contributed by atoms with Gasteiger partial charge in [-0.2, -0.15) is 9.41 Å². The lowest BCUT2D eigenvalue weighted by Gasteiger charge is -2.25. The number of nitrogens with zero attached hydrogens (tertiary/aromatic N) is 3. The van der Waals surface area contributed by atoms with Crippen molar-refractivity contribution in [3.05, 3.63) is 53.7 Å². The van der Waals surface area contributed by atoms with Crippen LogP contribution in [0, 0.1) is 0 Å². The molecule has 0 unspecified atom stereocenters. The molecule has 142 valence electrons. The molecule has 2 aromatic rings. The Morgan fingerprint density at radius 3 is 2.56 bits per heavy atom. The van der Waals surface area contributed by atoms with Crippen LogP contribution >= 0.6 is 0 Å². The third-order valence-electron chi connectivity index (χ3n) is 5.18. The number of benzene rings is 1. The highest BCUT2D eigenvalue weighted by Gasteiger charge is 2.26. The lowest BCUT2D eigenvalue weighted by Crippen LogP contribution is -2.35. The highest BCUT2D eigenvalue weighted by atomic mass is 32.2. The number of aryl methyl sites for hydroxylation is 1. The maximum atomic E-state index is 12.7. The third-order valence-corrected chi connectivity index (χ3v) is 7.06. The molecule has 6 nitrogen and oxygen atoms in total. The molecular weight excluding hydrogens is 360 g/mol. The van der Waals surface area contributed by atoms with Gasteiger partial charge in [-0.05, 0) is 49.8 Å². The van der Waals surface area contributed by atoms with Crippen molar-refractivity contribution >= 4 is 21.6 Å². The van der Waals surface area contributed by atoms with Crippen LogP contribution in [0.1, 0.15) is 43.2 Å². The number of hydrogen-bond acceptors (Lipinski definition) is 5. The van der Waals surface area contributed by atoms with Crippen molar-refractivity contribution in [2.45, 2.75) is 43.4 Å². The zero-order valence-corrected chi connectivity index (χ0v) is 16.1. The smallest absolute Gasteiger partial charge is 0.244 e. The van der Waals surface area contributed by atoms with Crippen LogP contribution in [0.2, 0.25) is 0 Å². The summed E-state index contributed by atoms with van der Waals surface area (Å²) in [5, 5.41) is 4.52. The first-order chi connectivity index (χ1) is 13.1. The van der Waals surface area contributed by atoms with Crippen molar-refractivity contribution in [1.29, 1.82) is 0 Å². The second-order valence-electron chi connectivity index (χ2n) is 7.02. The van der Waals surface area contributed by atoms with Crippen LogP contribution in [0.5, 0.6) is 0 Å². The molecule has 1 aliphatic carbocycles. The number of fused-ring (bicyclic) bond motifs is 1. The van der Waals surface area contributed by atoms with Gasteiger partial charge in [-0.25, -0.2) is 13.4 Å². The first-order valence-corrected chi connectivity index (χ1v) is 11.0. The van der Waals surface area contributed by atoms with Crippen molar-refractivity contribution in [3.8, 4) is 0 Å². The van der Waals surface area contributed by atoms with Gasteiger partial charge >= 0.3 is 0 Å². The van der Waals surface area contributed by atoms with Crippen LogP contribution < -0.4 is 5.43 Å². The summed E-state index contributed by atoms with van der Waals surface area (Å²) in [6.07, 6.45) is 7.44. The maximum absolute atomic E-state index is 12.7. The summed E-state index contributed by atoms with van der Waals surface area (Å²) in [6, 6.07) is 11.6. The highest BCUT2D eigenvalue weighted by molar-refractivity contribution is 7.89. The van der Waals surface area contributed by atoms with Gasteiger partial charge in [0.25, 0.3) is 0 Å². The largest absolute Gasteiger partial charge is 0.261 e. The van der Waals surface area contributed by atoms with Crippen LogP contribution in [0.25, 0.3) is 0 Å². The first-order valence-electron chi connectivity index (χ1n) is 9.52. The molecule has 27 heavy (non-hydrogen) atoms. The summed E-state index contributed by atoms with van der Waals surface area (Å²) in [6.45, 7) is 1.19. The second kappa shape index (κ2) is 7.78. The quantitative estimate of drug-likeness (QED) is 0.820. The Balaban J connectivity index is 1.49. The summed E-state index contributed by atoms with van der Waals surface area (Å²) in [4.78, 5) is 4.50. The van der Waals surface area contributed by atoms with Gasteiger partial charge in [-0.3, -0.25) is 5.43 Å². The summed E-state index contributed by atoms with van der Waals surface area (Å²) in [5.41, 5.74) is 6.50. The minimum absolute atomic E-state index is 0.241. The number of nitrogens with one attached hydrogen (secondary N) is 1. The number of rotatable bonds is 4. The highest BCUT2D eigenvalue weighted by Crippen LogP contribution is 2.23. The molecule has 0 amide bonds. The Hall–Kier alpha value is -2.25. The van der Waals surface area contributed by atoms with Gasteiger partial charge in [0.05, 0.1) is 5.71 Å². The van der Waals surface area contributed by atoms with E-state index in [4.69, 9.17) is 0 Å². The van der Waals surface area contributed by atoms with Crippen LogP contribution in [-0.2, 0) is 16.4 Å². The van der Waals surface area contributed by atoms with E-state index in [1.165, 1.54) is 17.3 Å². The monoisotopic (exact) mass is 384 g/mol. The third kappa shape index (κ3) is 3.89. The fourth-order valence-corrected chi connectivity index (χ4v) is 5.16. The van der Waals surface area contributed by atoms with Crippen molar-refractivity contribution < 1.29 is 8.42 Å². The molecule has 0 atom stereocenters. The van der Waals surface area contributed by atoms with E-state index < -0.39 is 10.0 Å². The number of pyridine rings is 1. The Labute approximate surface area is 160 Å². The van der Waals surface area contributed by atoms with Gasteiger partial charge in [0.15, 0.2) is 0 Å². The van der Waals surface area contributed by atoms with Crippen molar-refractivity contribution in [2.24, 2.45) is 5.10 Å². The van der Waals surface area contributed by atoms with Crippen LogP contribution in [0.15, 0.2) is 52.6 Å². The Kier molecular flexibility index (Phi) is 5.22. The van der Waals surface area contributed by atoms with E-state index in [0.717, 1.165) is 44.2 Å². The van der Waals surface area contributed by atoms with E-state index in [1.54, 1.807) is 16.4 Å². The van der Waals surface area contributed by atoms with Crippen molar-refractivity contribution in [2.75, 3.05) is 18.5 Å². The number of aromatic nitrogens is 1. The molecule has 1 saturated heterocycles. The number of hydrogen-bond donors (Lipinski definition) is 1. The molecule has 1 N–H and O–H groups in total. The number of sulfonamides is 1. The number of hydrazone groups is 1. The molecular formula is C20H24N4O2S. The molecule has 7 heteroatoms. The van der Waals surface area contributed by atoms with E-state index >= 15 is 0 Å². The molecule has 1 fully saturated rings. The molecule has 2 heterocycles. The minimum Gasteiger partial charge on any atom is -0.261 e. The summed E-state index contributed by atoms with van der Waals surface area (Å²) >= 11 is 0. The Morgan fingerprint density at radius 1 is 0.963 bits per heavy atom. The van der Waals surface area contributed by atoms with Crippen LogP contribution in [0.4, 0.5) is 5.82 Å². The second-order valence-corrected chi connectivity index (χ2v) is 8.96. The standard InChI is InChI=1S/C20H24N4O2S/c25-27(26,24-13-4-1-5-14-24)17-11-12-20(21-15-17)23-22-19-10-6-8-16-7-2-3-9-18(16)19/h2-3,7,9,11-12,15H,1,4-6,8,10,13-14H2,(H,21,23)/b22-19+. The van der Waals surface area contributed by atoms with Gasteiger partial charge in [0, 0.05) is 24.8 Å². The maximum Gasteiger partial charge on any atom is 0.244 e. The number of anilines is 1. The average Bonchev–Trinajstić information content (AvgIpc) is 2.73. The lowest BCUT2D eigenvalue weighted by molar-refractivity contribution is 0.346. The fourth-order valence-electron chi connectivity index (χ4n) is 3.70. The normalized spacial score (nSPS) is 19.6. The Bertz CT molecular complexity index is 933. The first kappa shape index (κ1) is 18.1. The van der Waals surface area contributed by atoms with E-state index in [0.29, 0.717) is 18.9 Å². The van der Waals surface area contributed by atoms with E-state index in [-0.39, 0.29) is 4.90 Å².